The summed E-state index contributed by atoms with van der Waals surface area (Å²) in [5.41, 5.74) is 2.46. The molecule has 19 heavy (non-hydrogen) atoms. The summed E-state index contributed by atoms with van der Waals surface area (Å²) in [7, 11) is 1.84. The highest BCUT2D eigenvalue weighted by atomic mass is 16.2. The number of likely N-dealkylation sites (tertiary alicyclic amines) is 1. The molecule has 2 unspecified atom stereocenters. The minimum Gasteiger partial charge on any atom is -0.387 e. The summed E-state index contributed by atoms with van der Waals surface area (Å²) in [6.07, 6.45) is 2.77. The molecule has 1 N–H and O–H groups in total. The van der Waals surface area contributed by atoms with Gasteiger partial charge in [0.1, 0.15) is 0 Å². The van der Waals surface area contributed by atoms with Crippen LogP contribution in [0.2, 0.25) is 0 Å². The molecule has 1 aromatic rings. The van der Waals surface area contributed by atoms with Crippen LogP contribution in [0.25, 0.3) is 0 Å². The van der Waals surface area contributed by atoms with Crippen molar-refractivity contribution in [2.24, 2.45) is 11.8 Å². The topological polar surface area (TPSA) is 45.2 Å². The molecule has 0 aliphatic carbocycles. The molecule has 2 atom stereocenters. The predicted octanol–water partition coefficient (Wildman–Crippen LogP) is 2.55. The minimum atomic E-state index is 0.0931. The van der Waals surface area contributed by atoms with E-state index >= 15 is 0 Å². The van der Waals surface area contributed by atoms with Gasteiger partial charge in [0, 0.05) is 32.0 Å². The van der Waals surface area contributed by atoms with Crippen molar-refractivity contribution in [3.8, 4) is 0 Å². The van der Waals surface area contributed by atoms with Gasteiger partial charge in [-0.15, -0.1) is 0 Å². The molecule has 4 nitrogen and oxygen atoms in total. The Labute approximate surface area is 115 Å². The molecule has 2 heterocycles. The smallest absolute Gasteiger partial charge is 0.257 e. The molecule has 0 bridgehead atoms. The van der Waals surface area contributed by atoms with E-state index < -0.39 is 0 Å². The SMILES string of the molecule is CNc1cc(C)ncc1C(=O)N1CCC(C)C(C)C1. The van der Waals surface area contributed by atoms with E-state index in [0.717, 1.165) is 30.9 Å². The summed E-state index contributed by atoms with van der Waals surface area (Å²) >= 11 is 0. The lowest BCUT2D eigenvalue weighted by molar-refractivity contribution is 0.0628. The van der Waals surface area contributed by atoms with Gasteiger partial charge in [-0.25, -0.2) is 0 Å². The van der Waals surface area contributed by atoms with Crippen molar-refractivity contribution in [1.29, 1.82) is 0 Å². The fourth-order valence-electron chi connectivity index (χ4n) is 2.55. The monoisotopic (exact) mass is 261 g/mol. The van der Waals surface area contributed by atoms with Crippen molar-refractivity contribution < 1.29 is 4.79 Å². The summed E-state index contributed by atoms with van der Waals surface area (Å²) in [5, 5.41) is 3.09. The first-order valence-electron chi connectivity index (χ1n) is 6.96. The number of aryl methyl sites for hydroxylation is 1. The quantitative estimate of drug-likeness (QED) is 0.890. The Hall–Kier alpha value is -1.58. The number of nitrogens with one attached hydrogen (secondary N) is 1. The molecule has 1 aliphatic rings. The van der Waals surface area contributed by atoms with Gasteiger partial charge in [0.25, 0.3) is 5.91 Å². The van der Waals surface area contributed by atoms with Crippen molar-refractivity contribution in [1.82, 2.24) is 9.88 Å². The lowest BCUT2D eigenvalue weighted by atomic mass is 9.88. The van der Waals surface area contributed by atoms with Gasteiger partial charge in [-0.05, 0) is 31.2 Å². The van der Waals surface area contributed by atoms with Gasteiger partial charge in [-0.1, -0.05) is 13.8 Å². The van der Waals surface area contributed by atoms with Crippen LogP contribution in [0.15, 0.2) is 12.3 Å². The number of piperidine rings is 1. The third-order valence-corrected chi connectivity index (χ3v) is 4.16. The van der Waals surface area contributed by atoms with Crippen LogP contribution in [0.1, 0.15) is 36.3 Å². The molecule has 0 radical (unpaired) electrons. The van der Waals surface area contributed by atoms with Gasteiger partial charge in [0.15, 0.2) is 0 Å². The van der Waals surface area contributed by atoms with Crippen LogP contribution < -0.4 is 5.32 Å². The van der Waals surface area contributed by atoms with Gasteiger partial charge in [0.2, 0.25) is 0 Å². The van der Waals surface area contributed by atoms with Crippen LogP contribution in [0.3, 0.4) is 0 Å². The van der Waals surface area contributed by atoms with Crippen LogP contribution >= 0.6 is 0 Å². The van der Waals surface area contributed by atoms with E-state index in [-0.39, 0.29) is 5.91 Å². The first-order chi connectivity index (χ1) is 9.02. The van der Waals surface area contributed by atoms with E-state index in [9.17, 15) is 4.79 Å². The predicted molar refractivity (Wildman–Crippen MR) is 77.4 cm³/mol. The average Bonchev–Trinajstić information content (AvgIpc) is 2.41. The van der Waals surface area contributed by atoms with Gasteiger partial charge in [-0.3, -0.25) is 9.78 Å². The summed E-state index contributed by atoms with van der Waals surface area (Å²) in [6.45, 7) is 8.10. The van der Waals surface area contributed by atoms with Gasteiger partial charge in [-0.2, -0.15) is 0 Å². The Morgan fingerprint density at radius 2 is 2.16 bits per heavy atom. The molecule has 0 spiro atoms. The number of amides is 1. The molecular weight excluding hydrogens is 238 g/mol. The Morgan fingerprint density at radius 1 is 1.42 bits per heavy atom. The molecule has 2 rings (SSSR count). The van der Waals surface area contributed by atoms with Crippen molar-refractivity contribution in [2.45, 2.75) is 27.2 Å². The third-order valence-electron chi connectivity index (χ3n) is 4.16. The molecule has 1 aliphatic heterocycles. The molecule has 4 heteroatoms. The maximum Gasteiger partial charge on any atom is 0.257 e. The second-order valence-corrected chi connectivity index (χ2v) is 5.62. The van der Waals surface area contributed by atoms with E-state index in [4.69, 9.17) is 0 Å². The number of carbonyl (C=O) groups is 1. The Balaban J connectivity index is 2.20. The first kappa shape index (κ1) is 13.8. The van der Waals surface area contributed by atoms with Gasteiger partial charge >= 0.3 is 0 Å². The van der Waals surface area contributed by atoms with E-state index in [1.54, 1.807) is 6.20 Å². The maximum absolute atomic E-state index is 12.6. The van der Waals surface area contributed by atoms with Crippen LogP contribution in [0, 0.1) is 18.8 Å². The Kier molecular flexibility index (Phi) is 4.08. The number of hydrogen-bond donors (Lipinski definition) is 1. The van der Waals surface area contributed by atoms with Crippen LogP contribution in [0.5, 0.6) is 0 Å². The van der Waals surface area contributed by atoms with Crippen molar-refractivity contribution in [3.63, 3.8) is 0 Å². The number of pyridine rings is 1. The van der Waals surface area contributed by atoms with E-state index in [1.807, 2.05) is 24.9 Å². The number of aromatic nitrogens is 1. The largest absolute Gasteiger partial charge is 0.387 e. The number of anilines is 1. The molecular formula is C15H23N3O. The Bertz CT molecular complexity index is 472. The van der Waals surface area contributed by atoms with E-state index in [0.29, 0.717) is 17.4 Å². The number of nitrogens with zero attached hydrogens (tertiary/aromatic N) is 2. The molecule has 1 aromatic heterocycles. The van der Waals surface area contributed by atoms with E-state index in [2.05, 4.69) is 24.1 Å². The van der Waals surface area contributed by atoms with Gasteiger partial charge < -0.3 is 10.2 Å². The standard InChI is InChI=1S/C15H23N3O/c1-10-5-6-18(9-11(10)2)15(19)13-8-17-12(3)7-14(13)16-4/h7-8,10-11H,5-6,9H2,1-4H3,(H,16,17). The molecule has 1 fully saturated rings. The summed E-state index contributed by atoms with van der Waals surface area (Å²) in [4.78, 5) is 18.8. The summed E-state index contributed by atoms with van der Waals surface area (Å²) < 4.78 is 0. The summed E-state index contributed by atoms with van der Waals surface area (Å²) in [5.74, 6) is 1.36. The highest BCUT2D eigenvalue weighted by Gasteiger charge is 2.27. The minimum absolute atomic E-state index is 0.0931. The molecule has 1 saturated heterocycles. The van der Waals surface area contributed by atoms with Crippen molar-refractivity contribution in [3.05, 3.63) is 23.5 Å². The van der Waals surface area contributed by atoms with Crippen molar-refractivity contribution in [2.75, 3.05) is 25.5 Å². The zero-order chi connectivity index (χ0) is 14.0. The van der Waals surface area contributed by atoms with Gasteiger partial charge in [0.05, 0.1) is 11.3 Å². The van der Waals surface area contributed by atoms with Crippen molar-refractivity contribution >= 4 is 11.6 Å². The lowest BCUT2D eigenvalue weighted by Gasteiger charge is -2.35. The fraction of sp³-hybridized carbons (Fsp3) is 0.600. The first-order valence-corrected chi connectivity index (χ1v) is 6.96. The molecule has 0 aromatic carbocycles. The molecule has 104 valence electrons. The van der Waals surface area contributed by atoms with E-state index in [1.165, 1.54) is 0 Å². The number of hydrogen-bond acceptors (Lipinski definition) is 3. The van der Waals surface area contributed by atoms with Crippen LogP contribution in [0.4, 0.5) is 5.69 Å². The zero-order valence-corrected chi connectivity index (χ0v) is 12.2. The normalized spacial score (nSPS) is 23.3. The molecule has 1 amide bonds. The zero-order valence-electron chi connectivity index (χ0n) is 12.2. The number of carbonyl (C=O) groups excluding carboxylic acids is 1. The second-order valence-electron chi connectivity index (χ2n) is 5.62. The third kappa shape index (κ3) is 2.88. The van der Waals surface area contributed by atoms with Crippen LogP contribution in [-0.2, 0) is 0 Å². The Morgan fingerprint density at radius 3 is 2.79 bits per heavy atom. The maximum atomic E-state index is 12.6. The molecule has 0 saturated carbocycles. The number of rotatable bonds is 2. The highest BCUT2D eigenvalue weighted by Crippen LogP contribution is 2.25. The fourth-order valence-corrected chi connectivity index (χ4v) is 2.55. The second kappa shape index (κ2) is 5.59. The average molecular weight is 261 g/mol. The summed E-state index contributed by atoms with van der Waals surface area (Å²) in [6, 6.07) is 1.92. The highest BCUT2D eigenvalue weighted by molar-refractivity contribution is 5.99. The lowest BCUT2D eigenvalue weighted by Crippen LogP contribution is -2.42. The van der Waals surface area contributed by atoms with Crippen LogP contribution in [-0.4, -0.2) is 35.9 Å².